The van der Waals surface area contributed by atoms with E-state index < -0.39 is 0 Å². The van der Waals surface area contributed by atoms with Gasteiger partial charge in [0.2, 0.25) is 5.91 Å². The fraction of sp³-hybridized carbons (Fsp3) is 0.120. The molecule has 0 unspecified atom stereocenters. The topological polar surface area (TPSA) is 113 Å². The van der Waals surface area contributed by atoms with Gasteiger partial charge >= 0.3 is 0 Å². The maximum atomic E-state index is 12.4. The lowest BCUT2D eigenvalue weighted by Gasteiger charge is -2.08. The molecule has 2 N–H and O–H groups in total. The lowest BCUT2D eigenvalue weighted by molar-refractivity contribution is -0.115. The first-order valence-corrected chi connectivity index (χ1v) is 11.4. The molecule has 0 spiro atoms. The predicted molar refractivity (Wildman–Crippen MR) is 131 cm³/mol. The lowest BCUT2D eigenvalue weighted by Crippen LogP contribution is -2.14. The summed E-state index contributed by atoms with van der Waals surface area (Å²) in [5.74, 6) is 1.24. The number of benzene rings is 2. The van der Waals surface area contributed by atoms with Crippen LogP contribution in [0.1, 0.15) is 12.0 Å². The number of carbonyl (C=O) groups excluding carboxylic acids is 1. The summed E-state index contributed by atoms with van der Waals surface area (Å²) in [6.45, 7) is 0. The first kappa shape index (κ1) is 22.9. The van der Waals surface area contributed by atoms with Crippen molar-refractivity contribution in [2.75, 3.05) is 18.2 Å². The zero-order valence-electron chi connectivity index (χ0n) is 18.3. The summed E-state index contributed by atoms with van der Waals surface area (Å²) < 4.78 is 6.55. The van der Waals surface area contributed by atoms with Gasteiger partial charge in [-0.05, 0) is 48.5 Å². The maximum absolute atomic E-state index is 12.4. The summed E-state index contributed by atoms with van der Waals surface area (Å²) in [4.78, 5) is 29.2. The van der Waals surface area contributed by atoms with E-state index in [9.17, 15) is 14.9 Å². The summed E-state index contributed by atoms with van der Waals surface area (Å²) in [5.41, 5.74) is 2.49. The molecule has 0 saturated heterocycles. The molecule has 0 saturated carbocycles. The minimum atomic E-state index is -0.269. The van der Waals surface area contributed by atoms with Gasteiger partial charge < -0.3 is 10.1 Å². The average molecular weight is 472 g/mol. The number of pyridine rings is 1. The van der Waals surface area contributed by atoms with Gasteiger partial charge in [-0.15, -0.1) is 11.8 Å². The zero-order chi connectivity index (χ0) is 23.9. The fourth-order valence-electron chi connectivity index (χ4n) is 3.24. The molecule has 2 heterocycles. The van der Waals surface area contributed by atoms with Crippen LogP contribution in [0.4, 0.5) is 5.82 Å². The van der Waals surface area contributed by atoms with Crippen molar-refractivity contribution in [1.29, 1.82) is 5.26 Å². The van der Waals surface area contributed by atoms with E-state index in [0.29, 0.717) is 27.8 Å². The third kappa shape index (κ3) is 5.36. The molecule has 0 bridgehead atoms. The van der Waals surface area contributed by atoms with E-state index in [2.05, 4.69) is 21.5 Å². The highest BCUT2D eigenvalue weighted by molar-refractivity contribution is 7.99. The van der Waals surface area contributed by atoms with Crippen molar-refractivity contribution in [3.05, 3.63) is 88.7 Å². The summed E-state index contributed by atoms with van der Waals surface area (Å²) >= 11 is 1.34. The predicted octanol–water partition coefficient (Wildman–Crippen LogP) is 4.23. The Morgan fingerprint density at radius 2 is 1.91 bits per heavy atom. The molecule has 0 radical (unpaired) electrons. The first-order valence-electron chi connectivity index (χ1n) is 10.4. The molecule has 0 aliphatic rings. The van der Waals surface area contributed by atoms with E-state index in [1.54, 1.807) is 31.4 Å². The van der Waals surface area contributed by atoms with Gasteiger partial charge in [0.1, 0.15) is 22.7 Å². The van der Waals surface area contributed by atoms with Crippen LogP contribution in [-0.2, 0) is 4.79 Å². The molecule has 0 aliphatic carbocycles. The summed E-state index contributed by atoms with van der Waals surface area (Å²) in [6.07, 6.45) is 0.183. The Morgan fingerprint density at radius 1 is 1.15 bits per heavy atom. The van der Waals surface area contributed by atoms with Crippen LogP contribution < -0.4 is 15.6 Å². The molecule has 0 aliphatic heterocycles. The number of rotatable bonds is 8. The van der Waals surface area contributed by atoms with Gasteiger partial charge in [0, 0.05) is 23.8 Å². The van der Waals surface area contributed by atoms with Crippen LogP contribution >= 0.6 is 11.8 Å². The first-order chi connectivity index (χ1) is 16.6. The van der Waals surface area contributed by atoms with Crippen molar-refractivity contribution in [3.63, 3.8) is 0 Å². The van der Waals surface area contributed by atoms with E-state index in [0.717, 1.165) is 17.0 Å². The number of carbonyl (C=O) groups is 1. The second-order valence-electron chi connectivity index (χ2n) is 7.22. The van der Waals surface area contributed by atoms with E-state index >= 15 is 0 Å². The van der Waals surface area contributed by atoms with Gasteiger partial charge in [0.15, 0.2) is 0 Å². The monoisotopic (exact) mass is 471 g/mol. The number of methoxy groups -OCH3 is 1. The molecular formula is C25H21N5O3S. The molecule has 1 amide bonds. The molecule has 170 valence electrons. The largest absolute Gasteiger partial charge is 0.497 e. The smallest absolute Gasteiger partial charge is 0.273 e. The number of nitrogens with one attached hydrogen (secondary N) is 2. The summed E-state index contributed by atoms with van der Waals surface area (Å²) in [5, 5.41) is 15.6. The van der Waals surface area contributed by atoms with E-state index in [1.807, 2.05) is 42.5 Å². The molecular weight excluding hydrogens is 450 g/mol. The van der Waals surface area contributed by atoms with Crippen LogP contribution in [0.15, 0.2) is 82.6 Å². The number of aromatic nitrogens is 3. The quantitative estimate of drug-likeness (QED) is 0.372. The lowest BCUT2D eigenvalue weighted by atomic mass is 10.1. The van der Waals surface area contributed by atoms with Crippen LogP contribution in [0.2, 0.25) is 0 Å². The number of ether oxygens (including phenoxy) is 1. The minimum Gasteiger partial charge on any atom is -0.497 e. The Hall–Kier alpha value is -4.29. The standard InChI is InChI=1S/C25H21N5O3S/c1-33-20-10-7-17(8-11-20)21-12-9-18(16-26)25(27-21)34-14-13-23(31)28-22-15-24(32)30(29-22)19-5-3-2-4-6-19/h2-12,15,29H,13-14H2,1H3,(H,28,31). The fourth-order valence-corrected chi connectivity index (χ4v) is 4.15. The highest BCUT2D eigenvalue weighted by atomic mass is 32.2. The van der Waals surface area contributed by atoms with Crippen molar-refractivity contribution in [1.82, 2.24) is 14.8 Å². The normalized spacial score (nSPS) is 10.5. The molecule has 0 atom stereocenters. The Balaban J connectivity index is 1.39. The van der Waals surface area contributed by atoms with Crippen LogP contribution in [0.25, 0.3) is 16.9 Å². The molecule has 8 nitrogen and oxygen atoms in total. The van der Waals surface area contributed by atoms with Gasteiger partial charge in [0.25, 0.3) is 5.56 Å². The van der Waals surface area contributed by atoms with Crippen LogP contribution in [0, 0.1) is 11.3 Å². The molecule has 2 aromatic carbocycles. The second-order valence-corrected chi connectivity index (χ2v) is 8.30. The Kier molecular flexibility index (Phi) is 7.10. The summed E-state index contributed by atoms with van der Waals surface area (Å²) in [7, 11) is 1.61. The van der Waals surface area contributed by atoms with Gasteiger partial charge in [-0.1, -0.05) is 18.2 Å². The molecule has 9 heteroatoms. The van der Waals surface area contributed by atoms with Crippen molar-refractivity contribution < 1.29 is 9.53 Å². The minimum absolute atomic E-state index is 0.183. The molecule has 4 rings (SSSR count). The van der Waals surface area contributed by atoms with E-state index in [-0.39, 0.29) is 17.9 Å². The SMILES string of the molecule is COc1ccc(-c2ccc(C#N)c(SCCC(=O)Nc3cc(=O)n(-c4ccccc4)[nH]3)n2)cc1. The second kappa shape index (κ2) is 10.6. The number of para-hydroxylation sites is 1. The molecule has 0 fully saturated rings. The number of hydrogen-bond acceptors (Lipinski definition) is 6. The van der Waals surface area contributed by atoms with Crippen LogP contribution in [0.3, 0.4) is 0 Å². The third-order valence-electron chi connectivity index (χ3n) is 4.94. The van der Waals surface area contributed by atoms with Crippen molar-refractivity contribution in [2.45, 2.75) is 11.4 Å². The summed E-state index contributed by atoms with van der Waals surface area (Å²) in [6, 6.07) is 23.6. The maximum Gasteiger partial charge on any atom is 0.273 e. The number of thioether (sulfide) groups is 1. The zero-order valence-corrected chi connectivity index (χ0v) is 19.1. The molecule has 4 aromatic rings. The van der Waals surface area contributed by atoms with E-state index in [4.69, 9.17) is 4.74 Å². The molecule has 2 aromatic heterocycles. The number of nitrogens with zero attached hydrogens (tertiary/aromatic N) is 3. The number of anilines is 1. The van der Waals surface area contributed by atoms with Crippen molar-refractivity contribution >= 4 is 23.5 Å². The van der Waals surface area contributed by atoms with Gasteiger partial charge in [0.05, 0.1) is 24.1 Å². The number of H-pyrrole nitrogens is 1. The Labute approximate surface area is 200 Å². The highest BCUT2D eigenvalue weighted by Gasteiger charge is 2.11. The number of nitriles is 1. The van der Waals surface area contributed by atoms with Crippen molar-refractivity contribution in [2.24, 2.45) is 0 Å². The number of amides is 1. The van der Waals surface area contributed by atoms with Gasteiger partial charge in [-0.25, -0.2) is 9.67 Å². The van der Waals surface area contributed by atoms with Crippen LogP contribution in [0.5, 0.6) is 5.75 Å². The average Bonchev–Trinajstić information content (AvgIpc) is 3.24. The van der Waals surface area contributed by atoms with Gasteiger partial charge in [-0.3, -0.25) is 14.7 Å². The highest BCUT2D eigenvalue weighted by Crippen LogP contribution is 2.27. The van der Waals surface area contributed by atoms with Gasteiger partial charge in [-0.2, -0.15) is 5.26 Å². The van der Waals surface area contributed by atoms with Crippen LogP contribution in [-0.4, -0.2) is 33.5 Å². The third-order valence-corrected chi connectivity index (χ3v) is 5.94. The van der Waals surface area contributed by atoms with E-state index in [1.165, 1.54) is 22.5 Å². The number of hydrogen-bond donors (Lipinski definition) is 2. The van der Waals surface area contributed by atoms with Crippen molar-refractivity contribution in [3.8, 4) is 28.8 Å². The Bertz CT molecular complexity index is 1390. The Morgan fingerprint density at radius 3 is 2.62 bits per heavy atom. The number of aromatic amines is 1. The molecule has 34 heavy (non-hydrogen) atoms.